The van der Waals surface area contributed by atoms with Crippen molar-refractivity contribution in [3.05, 3.63) is 53.6 Å². The number of esters is 1. The maximum Gasteiger partial charge on any atom is 0.338 e. The summed E-state index contributed by atoms with van der Waals surface area (Å²) in [5.74, 6) is -3.44. The molecule has 5 nitrogen and oxygen atoms in total. The van der Waals surface area contributed by atoms with Crippen LogP contribution < -0.4 is 11.1 Å². The van der Waals surface area contributed by atoms with Gasteiger partial charge >= 0.3 is 5.97 Å². The van der Waals surface area contributed by atoms with Crippen molar-refractivity contribution in [3.8, 4) is 0 Å². The van der Waals surface area contributed by atoms with E-state index >= 15 is 0 Å². The molecule has 2 aromatic carbocycles. The van der Waals surface area contributed by atoms with Crippen molar-refractivity contribution >= 4 is 35.0 Å². The van der Waals surface area contributed by atoms with Gasteiger partial charge in [0.1, 0.15) is 17.3 Å². The largest absolute Gasteiger partial charge is 0.449 e. The summed E-state index contributed by atoms with van der Waals surface area (Å²) in [6.07, 6.45) is 0.557. The summed E-state index contributed by atoms with van der Waals surface area (Å²) >= 11 is 1.36. The highest BCUT2D eigenvalue weighted by Crippen LogP contribution is 2.24. The highest BCUT2D eigenvalue weighted by atomic mass is 32.2. The number of para-hydroxylation sites is 1. The number of nitrogen functional groups attached to an aromatic ring is 1. The van der Waals surface area contributed by atoms with E-state index in [0.717, 1.165) is 12.1 Å². The van der Waals surface area contributed by atoms with Crippen molar-refractivity contribution in [2.45, 2.75) is 17.9 Å². The molecule has 25 heavy (non-hydrogen) atoms. The van der Waals surface area contributed by atoms with Crippen LogP contribution in [0.25, 0.3) is 0 Å². The molecule has 0 aliphatic heterocycles. The first-order valence-electron chi connectivity index (χ1n) is 7.23. The lowest BCUT2D eigenvalue weighted by Gasteiger charge is -2.14. The van der Waals surface area contributed by atoms with Gasteiger partial charge in [0.2, 0.25) is 0 Å². The van der Waals surface area contributed by atoms with Gasteiger partial charge in [0.15, 0.2) is 6.10 Å². The van der Waals surface area contributed by atoms with Crippen molar-refractivity contribution in [3.63, 3.8) is 0 Å². The number of hydrogen-bond donors (Lipinski definition) is 2. The van der Waals surface area contributed by atoms with Crippen LogP contribution >= 0.6 is 11.8 Å². The van der Waals surface area contributed by atoms with Gasteiger partial charge in [0, 0.05) is 10.6 Å². The first-order valence-corrected chi connectivity index (χ1v) is 8.45. The maximum absolute atomic E-state index is 13.5. The van der Waals surface area contributed by atoms with Gasteiger partial charge in [0.25, 0.3) is 5.91 Å². The van der Waals surface area contributed by atoms with Gasteiger partial charge in [-0.15, -0.1) is 11.8 Å². The topological polar surface area (TPSA) is 81.4 Å². The number of amides is 1. The number of thioether (sulfide) groups is 1. The minimum absolute atomic E-state index is 0.218. The molecule has 0 fully saturated rings. The van der Waals surface area contributed by atoms with E-state index in [1.807, 2.05) is 0 Å². The molecule has 2 aromatic rings. The Labute approximate surface area is 147 Å². The number of rotatable bonds is 5. The van der Waals surface area contributed by atoms with E-state index in [2.05, 4.69) is 5.32 Å². The van der Waals surface area contributed by atoms with Gasteiger partial charge in [-0.3, -0.25) is 4.79 Å². The van der Waals surface area contributed by atoms with E-state index < -0.39 is 35.3 Å². The molecule has 0 aliphatic rings. The fourth-order valence-corrected chi connectivity index (χ4v) is 2.51. The third-order valence-electron chi connectivity index (χ3n) is 3.33. The normalized spacial score (nSPS) is 11.7. The van der Waals surface area contributed by atoms with E-state index in [1.165, 1.54) is 30.8 Å². The van der Waals surface area contributed by atoms with E-state index in [1.54, 1.807) is 18.4 Å². The zero-order valence-electron chi connectivity index (χ0n) is 13.5. The molecule has 0 saturated heterocycles. The monoisotopic (exact) mass is 366 g/mol. The summed E-state index contributed by atoms with van der Waals surface area (Å²) in [4.78, 5) is 24.8. The number of hydrogen-bond acceptors (Lipinski definition) is 5. The van der Waals surface area contributed by atoms with Gasteiger partial charge in [-0.1, -0.05) is 6.07 Å². The van der Waals surface area contributed by atoms with Crippen LogP contribution in [0.4, 0.5) is 20.2 Å². The van der Waals surface area contributed by atoms with Crippen molar-refractivity contribution in [2.75, 3.05) is 17.3 Å². The Morgan fingerprint density at radius 1 is 1.20 bits per heavy atom. The van der Waals surface area contributed by atoms with Crippen LogP contribution in [-0.4, -0.2) is 24.2 Å². The molecule has 0 radical (unpaired) electrons. The van der Waals surface area contributed by atoms with Gasteiger partial charge in [0.05, 0.1) is 5.56 Å². The van der Waals surface area contributed by atoms with Gasteiger partial charge in [-0.25, -0.2) is 13.6 Å². The molecule has 1 atom stereocenters. The maximum atomic E-state index is 13.5. The summed E-state index contributed by atoms with van der Waals surface area (Å²) in [5, 5.41) is 2.08. The van der Waals surface area contributed by atoms with Gasteiger partial charge < -0.3 is 15.8 Å². The van der Waals surface area contributed by atoms with Crippen LogP contribution in [0, 0.1) is 11.6 Å². The van der Waals surface area contributed by atoms with Crippen molar-refractivity contribution in [1.82, 2.24) is 0 Å². The minimum atomic E-state index is -1.25. The summed E-state index contributed by atoms with van der Waals surface area (Å²) in [5.41, 5.74) is 5.90. The fourth-order valence-electron chi connectivity index (χ4n) is 1.96. The Morgan fingerprint density at radius 3 is 2.44 bits per heavy atom. The lowest BCUT2D eigenvalue weighted by molar-refractivity contribution is -0.123. The van der Waals surface area contributed by atoms with Gasteiger partial charge in [-0.05, 0) is 43.5 Å². The molecule has 0 spiro atoms. The molecule has 0 aromatic heterocycles. The van der Waals surface area contributed by atoms with E-state index in [9.17, 15) is 18.4 Å². The highest BCUT2D eigenvalue weighted by molar-refractivity contribution is 7.98. The second-order valence-electron chi connectivity index (χ2n) is 5.09. The molecule has 8 heteroatoms. The predicted molar refractivity (Wildman–Crippen MR) is 92.5 cm³/mol. The summed E-state index contributed by atoms with van der Waals surface area (Å²) < 4.78 is 32.1. The minimum Gasteiger partial charge on any atom is -0.449 e. The quantitative estimate of drug-likeness (QED) is 0.481. The van der Waals surface area contributed by atoms with E-state index in [-0.39, 0.29) is 5.56 Å². The number of nitrogens with one attached hydrogen (secondary N) is 1. The molecule has 0 aliphatic carbocycles. The number of carbonyl (C=O) groups excluding carboxylic acids is 2. The third-order valence-corrected chi connectivity index (χ3v) is 4.13. The number of nitrogens with two attached hydrogens (primary N) is 1. The molecule has 132 valence electrons. The van der Waals surface area contributed by atoms with Crippen LogP contribution in [0.3, 0.4) is 0 Å². The van der Waals surface area contributed by atoms with Crippen molar-refractivity contribution in [1.29, 1.82) is 0 Å². The van der Waals surface area contributed by atoms with Crippen molar-refractivity contribution in [2.24, 2.45) is 0 Å². The Balaban J connectivity index is 2.07. The van der Waals surface area contributed by atoms with Crippen molar-refractivity contribution < 1.29 is 23.1 Å². The molecule has 0 saturated carbocycles. The molecule has 0 heterocycles. The lowest BCUT2D eigenvalue weighted by atomic mass is 10.2. The summed E-state index contributed by atoms with van der Waals surface area (Å²) in [6.45, 7) is 1.30. The van der Waals surface area contributed by atoms with Crippen LogP contribution in [0.15, 0.2) is 41.3 Å². The third kappa shape index (κ3) is 4.48. The zero-order chi connectivity index (χ0) is 18.6. The number of benzene rings is 2. The molecule has 0 bridgehead atoms. The Kier molecular flexibility index (Phi) is 5.97. The first kappa shape index (κ1) is 18.7. The summed E-state index contributed by atoms with van der Waals surface area (Å²) in [6, 6.07) is 7.76. The molecular formula is C17H16F2N2O3S. The fraction of sp³-hybridized carbons (Fsp3) is 0.176. The predicted octanol–water partition coefficient (Wildman–Crippen LogP) is 3.45. The number of ether oxygens (including phenoxy) is 1. The second kappa shape index (κ2) is 7.98. The Bertz CT molecular complexity index is 794. The first-order chi connectivity index (χ1) is 11.8. The smallest absolute Gasteiger partial charge is 0.338 e. The molecule has 2 rings (SSSR count). The van der Waals surface area contributed by atoms with Crippen LogP contribution in [-0.2, 0) is 9.53 Å². The molecule has 0 unspecified atom stereocenters. The molecule has 1 amide bonds. The van der Waals surface area contributed by atoms with Crippen LogP contribution in [0.1, 0.15) is 17.3 Å². The average molecular weight is 366 g/mol. The SMILES string of the molecule is CSc1cc(C(=O)O[C@@H](C)C(=O)Nc2c(F)cccc2F)ccc1N. The Hall–Kier alpha value is -2.61. The zero-order valence-corrected chi connectivity index (χ0v) is 14.3. The molecular weight excluding hydrogens is 350 g/mol. The number of carbonyl (C=O) groups is 2. The van der Waals surface area contributed by atoms with Crippen LogP contribution in [0.5, 0.6) is 0 Å². The van der Waals surface area contributed by atoms with Crippen LogP contribution in [0.2, 0.25) is 0 Å². The van der Waals surface area contributed by atoms with E-state index in [0.29, 0.717) is 10.6 Å². The standard InChI is InChI=1S/C17H16F2N2O3S/c1-9(16(22)21-15-11(18)4-3-5-12(15)19)24-17(23)10-6-7-13(20)14(8-10)25-2/h3-9H,20H2,1-2H3,(H,21,22)/t9-/m0/s1. The Morgan fingerprint density at radius 2 is 1.84 bits per heavy atom. The van der Waals surface area contributed by atoms with E-state index in [4.69, 9.17) is 10.5 Å². The lowest BCUT2D eigenvalue weighted by Crippen LogP contribution is -2.30. The van der Waals surface area contributed by atoms with Gasteiger partial charge in [-0.2, -0.15) is 0 Å². The molecule has 3 N–H and O–H groups in total. The summed E-state index contributed by atoms with van der Waals surface area (Å²) in [7, 11) is 0. The average Bonchev–Trinajstić information content (AvgIpc) is 2.58. The number of anilines is 2. The number of halogens is 2. The highest BCUT2D eigenvalue weighted by Gasteiger charge is 2.22. The second-order valence-corrected chi connectivity index (χ2v) is 5.94.